The Bertz CT molecular complexity index is 412. The molecule has 5 nitrogen and oxygen atoms in total. The van der Waals surface area contributed by atoms with Crippen LogP contribution in [-0.2, 0) is 9.16 Å². The first kappa shape index (κ1) is 18.0. The second-order valence-corrected chi connectivity index (χ2v) is 12.2. The Morgan fingerprint density at radius 1 is 1.29 bits per heavy atom. The van der Waals surface area contributed by atoms with E-state index >= 15 is 0 Å². The minimum atomic E-state index is -1.87. The van der Waals surface area contributed by atoms with Gasteiger partial charge in [-0.3, -0.25) is 0 Å². The summed E-state index contributed by atoms with van der Waals surface area (Å²) in [7, 11) is -1.87. The van der Waals surface area contributed by atoms with Crippen LogP contribution in [0.3, 0.4) is 0 Å². The Morgan fingerprint density at radius 2 is 1.81 bits per heavy atom. The Hall–Kier alpha value is -1.06. The van der Waals surface area contributed by atoms with Crippen molar-refractivity contribution in [1.82, 2.24) is 5.32 Å². The number of nitrogens with zero attached hydrogens (tertiary/aromatic N) is 1. The first-order valence-corrected chi connectivity index (χ1v) is 11.0. The van der Waals surface area contributed by atoms with Gasteiger partial charge in [-0.15, -0.1) is 0 Å². The molecule has 0 aromatic heterocycles. The number of rotatable bonds is 4. The summed E-state index contributed by atoms with van der Waals surface area (Å²) in [4.78, 5) is 12.1. The van der Waals surface area contributed by atoms with Gasteiger partial charge in [0.1, 0.15) is 5.60 Å². The summed E-state index contributed by atoms with van der Waals surface area (Å²) >= 11 is 0. The van der Waals surface area contributed by atoms with Crippen LogP contribution >= 0.6 is 0 Å². The molecular weight excluding hydrogens is 284 g/mol. The van der Waals surface area contributed by atoms with Crippen molar-refractivity contribution in [2.45, 2.75) is 83.3 Å². The summed E-state index contributed by atoms with van der Waals surface area (Å²) in [5, 5.41) is 12.5. The Kier molecular flexibility index (Phi) is 5.45. The zero-order valence-electron chi connectivity index (χ0n) is 14.1. The van der Waals surface area contributed by atoms with Crippen LogP contribution in [0.5, 0.6) is 0 Å². The van der Waals surface area contributed by atoms with E-state index in [1.165, 1.54) is 0 Å². The largest absolute Gasteiger partial charge is 0.444 e. The highest BCUT2D eigenvalue weighted by Gasteiger charge is 2.46. The van der Waals surface area contributed by atoms with Crippen LogP contribution in [0.1, 0.15) is 46.5 Å². The third kappa shape index (κ3) is 5.68. The minimum Gasteiger partial charge on any atom is -0.444 e. The van der Waals surface area contributed by atoms with E-state index in [0.717, 1.165) is 25.7 Å². The molecule has 1 unspecified atom stereocenters. The van der Waals surface area contributed by atoms with E-state index < -0.39 is 31.7 Å². The molecule has 0 bridgehead atoms. The van der Waals surface area contributed by atoms with Gasteiger partial charge in [0.2, 0.25) is 0 Å². The molecule has 0 saturated heterocycles. The van der Waals surface area contributed by atoms with Gasteiger partial charge in [0, 0.05) is 0 Å². The number of nitrogens with one attached hydrogen (secondary N) is 1. The van der Waals surface area contributed by atoms with E-state index in [-0.39, 0.29) is 0 Å². The number of carbonyl (C=O) groups excluding carboxylic acids is 1. The van der Waals surface area contributed by atoms with Crippen molar-refractivity contribution in [2.24, 2.45) is 0 Å². The summed E-state index contributed by atoms with van der Waals surface area (Å²) < 4.78 is 11.4. The van der Waals surface area contributed by atoms with Crippen LogP contribution < -0.4 is 5.32 Å². The van der Waals surface area contributed by atoms with Crippen LogP contribution in [0.25, 0.3) is 0 Å². The number of ether oxygens (including phenoxy) is 1. The molecule has 6 heteroatoms. The van der Waals surface area contributed by atoms with E-state index in [2.05, 4.69) is 11.4 Å². The second kappa shape index (κ2) is 6.37. The van der Waals surface area contributed by atoms with Crippen molar-refractivity contribution in [1.29, 1.82) is 5.26 Å². The highest BCUT2D eigenvalue weighted by atomic mass is 28.4. The summed E-state index contributed by atoms with van der Waals surface area (Å²) in [6.45, 7) is 11.6. The van der Waals surface area contributed by atoms with Crippen molar-refractivity contribution in [2.75, 3.05) is 0 Å². The molecular formula is C15H28N2O3Si. The Morgan fingerprint density at radius 3 is 2.19 bits per heavy atom. The summed E-state index contributed by atoms with van der Waals surface area (Å²) in [6, 6.07) is 2.25. The number of amides is 1. The predicted molar refractivity (Wildman–Crippen MR) is 84.4 cm³/mol. The van der Waals surface area contributed by atoms with Crippen LogP contribution in [-0.4, -0.2) is 31.7 Å². The molecule has 0 aromatic carbocycles. The number of carbonyl (C=O) groups is 1. The highest BCUT2D eigenvalue weighted by Crippen LogP contribution is 2.35. The standard InChI is InChI=1S/C15H28N2O3Si/c1-14(2,3)19-13(18)17-15(9-7-8-10-15)12(11-16)20-21(4,5)6/h12H,7-10H2,1-6H3,(H,17,18). The molecule has 1 saturated carbocycles. The van der Waals surface area contributed by atoms with Gasteiger partial charge in [-0.1, -0.05) is 12.8 Å². The summed E-state index contributed by atoms with van der Waals surface area (Å²) in [5.41, 5.74) is -1.16. The monoisotopic (exact) mass is 312 g/mol. The zero-order valence-corrected chi connectivity index (χ0v) is 15.1. The van der Waals surface area contributed by atoms with Gasteiger partial charge < -0.3 is 14.5 Å². The predicted octanol–water partition coefficient (Wildman–Crippen LogP) is 3.57. The van der Waals surface area contributed by atoms with Crippen LogP contribution in [0.2, 0.25) is 19.6 Å². The lowest BCUT2D eigenvalue weighted by atomic mass is 9.91. The maximum Gasteiger partial charge on any atom is 0.408 e. The topological polar surface area (TPSA) is 71.3 Å². The molecule has 120 valence electrons. The number of hydrogen-bond donors (Lipinski definition) is 1. The van der Waals surface area contributed by atoms with Crippen molar-refractivity contribution >= 4 is 14.4 Å². The maximum atomic E-state index is 12.1. The summed E-state index contributed by atoms with van der Waals surface area (Å²) in [6.07, 6.45) is 2.42. The molecule has 1 aliphatic carbocycles. The quantitative estimate of drug-likeness (QED) is 0.806. The van der Waals surface area contributed by atoms with E-state index in [1.807, 2.05) is 40.4 Å². The van der Waals surface area contributed by atoms with E-state index in [9.17, 15) is 10.1 Å². The minimum absolute atomic E-state index is 0.469. The third-order valence-corrected chi connectivity index (χ3v) is 4.28. The lowest BCUT2D eigenvalue weighted by Gasteiger charge is -2.37. The van der Waals surface area contributed by atoms with Crippen molar-refractivity contribution in [3.05, 3.63) is 0 Å². The average molecular weight is 312 g/mol. The van der Waals surface area contributed by atoms with E-state index in [4.69, 9.17) is 9.16 Å². The Balaban J connectivity index is 2.87. The SMILES string of the molecule is CC(C)(C)OC(=O)NC1(C(C#N)O[Si](C)(C)C)CCCC1. The molecule has 1 rings (SSSR count). The Labute approximate surface area is 129 Å². The van der Waals surface area contributed by atoms with Crippen LogP contribution in [0.15, 0.2) is 0 Å². The molecule has 1 amide bonds. The third-order valence-electron chi connectivity index (χ3n) is 3.34. The first-order valence-electron chi connectivity index (χ1n) is 7.56. The molecule has 1 aliphatic rings. The average Bonchev–Trinajstić information content (AvgIpc) is 2.71. The van der Waals surface area contributed by atoms with Crippen molar-refractivity contribution in [3.8, 4) is 6.07 Å². The van der Waals surface area contributed by atoms with Gasteiger partial charge in [0.15, 0.2) is 14.4 Å². The molecule has 0 spiro atoms. The molecule has 21 heavy (non-hydrogen) atoms. The highest BCUT2D eigenvalue weighted by molar-refractivity contribution is 6.69. The molecule has 0 aliphatic heterocycles. The first-order chi connectivity index (χ1) is 9.47. The van der Waals surface area contributed by atoms with Crippen LogP contribution in [0.4, 0.5) is 4.79 Å². The number of alkyl carbamates (subject to hydrolysis) is 1. The van der Waals surface area contributed by atoms with Crippen molar-refractivity contribution in [3.63, 3.8) is 0 Å². The molecule has 0 heterocycles. The van der Waals surface area contributed by atoms with Gasteiger partial charge in [0.05, 0.1) is 11.6 Å². The van der Waals surface area contributed by atoms with Crippen LogP contribution in [0, 0.1) is 11.3 Å². The maximum absolute atomic E-state index is 12.1. The van der Waals surface area contributed by atoms with Gasteiger partial charge >= 0.3 is 6.09 Å². The number of hydrogen-bond acceptors (Lipinski definition) is 4. The zero-order chi connectivity index (χ0) is 16.3. The van der Waals surface area contributed by atoms with E-state index in [1.54, 1.807) is 0 Å². The lowest BCUT2D eigenvalue weighted by Crippen LogP contribution is -2.58. The van der Waals surface area contributed by atoms with Gasteiger partial charge in [-0.2, -0.15) is 5.26 Å². The molecule has 1 fully saturated rings. The fourth-order valence-electron chi connectivity index (χ4n) is 2.58. The lowest BCUT2D eigenvalue weighted by molar-refractivity contribution is 0.0355. The summed E-state index contributed by atoms with van der Waals surface area (Å²) in [5.74, 6) is 0. The fraction of sp³-hybridized carbons (Fsp3) is 0.867. The second-order valence-electron chi connectivity index (χ2n) is 7.73. The van der Waals surface area contributed by atoms with Gasteiger partial charge in [-0.25, -0.2) is 4.79 Å². The van der Waals surface area contributed by atoms with E-state index in [0.29, 0.717) is 0 Å². The van der Waals surface area contributed by atoms with Gasteiger partial charge in [-0.05, 0) is 53.3 Å². The van der Waals surface area contributed by atoms with Gasteiger partial charge in [0.25, 0.3) is 0 Å². The molecule has 1 atom stereocenters. The molecule has 1 N–H and O–H groups in total. The molecule has 0 aromatic rings. The fourth-order valence-corrected chi connectivity index (χ4v) is 3.57. The normalized spacial score (nSPS) is 19.7. The number of nitriles is 1. The smallest absolute Gasteiger partial charge is 0.408 e. The molecule has 0 radical (unpaired) electrons. The van der Waals surface area contributed by atoms with Crippen molar-refractivity contribution < 1.29 is 14.0 Å².